The number of H-pyrrole nitrogens is 1. The van der Waals surface area contributed by atoms with Crippen LogP contribution in [0.1, 0.15) is 61.8 Å². The van der Waals surface area contributed by atoms with E-state index in [4.69, 9.17) is 0 Å². The maximum Gasteiger partial charge on any atom is 0.253 e. The van der Waals surface area contributed by atoms with Gasteiger partial charge in [0.05, 0.1) is 5.54 Å². The van der Waals surface area contributed by atoms with E-state index in [1.165, 1.54) is 23.3 Å². The van der Waals surface area contributed by atoms with E-state index in [9.17, 15) is 9.18 Å². The van der Waals surface area contributed by atoms with Crippen molar-refractivity contribution in [3.05, 3.63) is 123 Å². The van der Waals surface area contributed by atoms with Crippen LogP contribution < -0.4 is 5.56 Å². The first kappa shape index (κ1) is 27.4. The number of rotatable bonds is 9. The molecule has 1 atom stereocenters. The van der Waals surface area contributed by atoms with E-state index in [1.54, 1.807) is 16.8 Å². The molecule has 2 heterocycles. The number of benzene rings is 3. The molecule has 0 amide bonds. The maximum absolute atomic E-state index is 13.8. The summed E-state index contributed by atoms with van der Waals surface area (Å²) in [5, 5.41) is 13.8. The summed E-state index contributed by atoms with van der Waals surface area (Å²) >= 11 is 0. The van der Waals surface area contributed by atoms with Gasteiger partial charge in [0.2, 0.25) is 0 Å². The lowest BCUT2D eigenvalue weighted by Gasteiger charge is -2.33. The molecule has 1 N–H and O–H groups in total. The van der Waals surface area contributed by atoms with Crippen molar-refractivity contribution in [2.75, 3.05) is 6.54 Å². The molecule has 0 aliphatic rings. The molecule has 3 aromatic carbocycles. The van der Waals surface area contributed by atoms with Crippen molar-refractivity contribution in [1.29, 1.82) is 0 Å². The van der Waals surface area contributed by atoms with Crippen LogP contribution in [0.2, 0.25) is 0 Å². The molecule has 5 aromatic rings. The number of nitrogens with one attached hydrogen (secondary N) is 1. The quantitative estimate of drug-likeness (QED) is 0.256. The number of halogens is 1. The van der Waals surface area contributed by atoms with Crippen LogP contribution >= 0.6 is 0 Å². The zero-order valence-electron chi connectivity index (χ0n) is 23.4. The van der Waals surface area contributed by atoms with E-state index >= 15 is 0 Å². The Balaban J connectivity index is 1.68. The molecule has 0 aliphatic heterocycles. The standard InChI is InChI=1S/C32H35FN6O/c1-5-22-13-16-28-25(19-22)20-27(31(40)34-28)29(30-35-36-37-39(30)32(2,3)4)38(18-17-23-9-7-6-8-10-23)21-24-11-14-26(33)15-12-24/h6-16,19-20,29H,5,17-18,21H2,1-4H3,(H,34,40)/t29-/m1/s1. The van der Waals surface area contributed by atoms with Crippen LogP contribution in [0, 0.1) is 5.82 Å². The van der Waals surface area contributed by atoms with Gasteiger partial charge in [-0.25, -0.2) is 9.07 Å². The topological polar surface area (TPSA) is 79.7 Å². The summed E-state index contributed by atoms with van der Waals surface area (Å²) in [6.45, 7) is 9.32. The summed E-state index contributed by atoms with van der Waals surface area (Å²) < 4.78 is 15.6. The van der Waals surface area contributed by atoms with Crippen LogP contribution in [0.3, 0.4) is 0 Å². The summed E-state index contributed by atoms with van der Waals surface area (Å²) in [6.07, 6.45) is 1.64. The van der Waals surface area contributed by atoms with Gasteiger partial charge < -0.3 is 4.98 Å². The predicted octanol–water partition coefficient (Wildman–Crippen LogP) is 5.81. The first-order valence-corrected chi connectivity index (χ1v) is 13.7. The molecule has 0 aliphatic carbocycles. The number of aromatic amines is 1. The zero-order valence-corrected chi connectivity index (χ0v) is 23.4. The number of pyridine rings is 1. The normalized spacial score (nSPS) is 12.8. The summed E-state index contributed by atoms with van der Waals surface area (Å²) in [6, 6.07) is 24.3. The Hall–Kier alpha value is -4.17. The number of aryl methyl sites for hydroxylation is 1. The van der Waals surface area contributed by atoms with Crippen LogP contribution in [0.25, 0.3) is 10.9 Å². The second-order valence-electron chi connectivity index (χ2n) is 11.2. The van der Waals surface area contributed by atoms with Gasteiger partial charge in [0, 0.05) is 24.2 Å². The largest absolute Gasteiger partial charge is 0.322 e. The molecule has 2 aromatic heterocycles. The second kappa shape index (κ2) is 11.5. The Morgan fingerprint density at radius 1 is 0.950 bits per heavy atom. The van der Waals surface area contributed by atoms with Gasteiger partial charge in [-0.05, 0) is 96.4 Å². The number of hydrogen-bond acceptors (Lipinski definition) is 5. The van der Waals surface area contributed by atoms with Crippen molar-refractivity contribution in [2.24, 2.45) is 0 Å². The van der Waals surface area contributed by atoms with Gasteiger partial charge in [-0.3, -0.25) is 9.69 Å². The lowest BCUT2D eigenvalue weighted by atomic mass is 9.99. The van der Waals surface area contributed by atoms with E-state index < -0.39 is 11.6 Å². The fourth-order valence-electron chi connectivity index (χ4n) is 5.08. The Kier molecular flexibility index (Phi) is 7.89. The number of tetrazole rings is 1. The highest BCUT2D eigenvalue weighted by atomic mass is 19.1. The highest BCUT2D eigenvalue weighted by molar-refractivity contribution is 5.80. The lowest BCUT2D eigenvalue weighted by molar-refractivity contribution is 0.195. The fraction of sp³-hybridized carbons (Fsp3) is 0.312. The van der Waals surface area contributed by atoms with Gasteiger partial charge >= 0.3 is 0 Å². The Morgan fingerprint density at radius 3 is 2.38 bits per heavy atom. The minimum Gasteiger partial charge on any atom is -0.322 e. The van der Waals surface area contributed by atoms with Crippen molar-refractivity contribution in [3.63, 3.8) is 0 Å². The van der Waals surface area contributed by atoms with E-state index in [0.29, 0.717) is 24.5 Å². The van der Waals surface area contributed by atoms with Crippen molar-refractivity contribution >= 4 is 10.9 Å². The second-order valence-corrected chi connectivity index (χ2v) is 11.2. The molecule has 206 valence electrons. The van der Waals surface area contributed by atoms with E-state index in [1.807, 2.05) is 57.2 Å². The van der Waals surface area contributed by atoms with Gasteiger partial charge in [-0.15, -0.1) is 5.10 Å². The van der Waals surface area contributed by atoms with Crippen molar-refractivity contribution < 1.29 is 4.39 Å². The number of fused-ring (bicyclic) bond motifs is 1. The Labute approximate surface area is 233 Å². The SMILES string of the molecule is CCc1ccc2[nH]c(=O)c([C@H](c3nnnn3C(C)(C)C)N(CCc3ccccc3)Cc3ccc(F)cc3)cc2c1. The molecule has 0 bridgehead atoms. The summed E-state index contributed by atoms with van der Waals surface area (Å²) in [5.74, 6) is 0.296. The predicted molar refractivity (Wildman–Crippen MR) is 156 cm³/mol. The first-order valence-electron chi connectivity index (χ1n) is 13.7. The molecule has 8 heteroatoms. The van der Waals surface area contributed by atoms with Gasteiger partial charge in [0.15, 0.2) is 5.82 Å². The molecular weight excluding hydrogens is 503 g/mol. The van der Waals surface area contributed by atoms with Crippen LogP contribution in [0.4, 0.5) is 4.39 Å². The summed E-state index contributed by atoms with van der Waals surface area (Å²) in [5.41, 5.74) is 4.05. The molecule has 0 fully saturated rings. The zero-order chi connectivity index (χ0) is 28.3. The third kappa shape index (κ3) is 6.02. The van der Waals surface area contributed by atoms with Crippen LogP contribution in [0.5, 0.6) is 0 Å². The lowest BCUT2D eigenvalue weighted by Crippen LogP contribution is -2.38. The number of aromatic nitrogens is 5. The van der Waals surface area contributed by atoms with Gasteiger partial charge in [-0.2, -0.15) is 0 Å². The third-order valence-corrected chi connectivity index (χ3v) is 7.21. The number of nitrogens with zero attached hydrogens (tertiary/aromatic N) is 5. The molecule has 0 radical (unpaired) electrons. The molecule has 0 spiro atoms. The van der Waals surface area contributed by atoms with Crippen LogP contribution in [-0.4, -0.2) is 36.6 Å². The van der Waals surface area contributed by atoms with E-state index in [0.717, 1.165) is 29.3 Å². The van der Waals surface area contributed by atoms with Crippen LogP contribution in [0.15, 0.2) is 83.7 Å². The minimum absolute atomic E-state index is 0.186. The summed E-state index contributed by atoms with van der Waals surface area (Å²) in [7, 11) is 0. The Morgan fingerprint density at radius 2 is 1.68 bits per heavy atom. The first-order chi connectivity index (χ1) is 19.2. The average molecular weight is 539 g/mol. The fourth-order valence-corrected chi connectivity index (χ4v) is 5.08. The van der Waals surface area contributed by atoms with Gasteiger partial charge in [0.25, 0.3) is 5.56 Å². The molecule has 7 nitrogen and oxygen atoms in total. The highest BCUT2D eigenvalue weighted by Gasteiger charge is 2.33. The molecule has 5 rings (SSSR count). The van der Waals surface area contributed by atoms with Crippen molar-refractivity contribution in [2.45, 2.75) is 58.7 Å². The van der Waals surface area contributed by atoms with E-state index in [-0.39, 0.29) is 11.4 Å². The Bertz CT molecular complexity index is 1640. The molecule has 40 heavy (non-hydrogen) atoms. The summed E-state index contributed by atoms with van der Waals surface area (Å²) in [4.78, 5) is 19.1. The van der Waals surface area contributed by atoms with Crippen molar-refractivity contribution in [1.82, 2.24) is 30.1 Å². The molecule has 0 saturated heterocycles. The van der Waals surface area contributed by atoms with Crippen LogP contribution in [-0.2, 0) is 24.9 Å². The minimum atomic E-state index is -0.554. The van der Waals surface area contributed by atoms with Crippen molar-refractivity contribution in [3.8, 4) is 0 Å². The third-order valence-electron chi connectivity index (χ3n) is 7.21. The molecule has 0 unspecified atom stereocenters. The van der Waals surface area contributed by atoms with Gasteiger partial charge in [-0.1, -0.05) is 55.5 Å². The smallest absolute Gasteiger partial charge is 0.253 e. The molecular formula is C32H35FN6O. The highest BCUT2D eigenvalue weighted by Crippen LogP contribution is 2.31. The maximum atomic E-state index is 13.8. The van der Waals surface area contributed by atoms with E-state index in [2.05, 4.69) is 50.5 Å². The van der Waals surface area contributed by atoms with Gasteiger partial charge in [0.1, 0.15) is 11.9 Å². The number of hydrogen-bond donors (Lipinski definition) is 1. The molecule has 0 saturated carbocycles. The average Bonchev–Trinajstić information content (AvgIpc) is 3.44. The monoisotopic (exact) mass is 538 g/mol.